The van der Waals surface area contributed by atoms with E-state index in [-0.39, 0.29) is 12.5 Å². The quantitative estimate of drug-likeness (QED) is 0.922. The van der Waals surface area contributed by atoms with E-state index in [2.05, 4.69) is 9.97 Å². The lowest BCUT2D eigenvalue weighted by Gasteiger charge is -2.07. The lowest BCUT2D eigenvalue weighted by molar-refractivity contribution is 0.117. The summed E-state index contributed by atoms with van der Waals surface area (Å²) >= 11 is 6.82. The third-order valence-corrected chi connectivity index (χ3v) is 2.81. The Kier molecular flexibility index (Phi) is 3.22. The summed E-state index contributed by atoms with van der Waals surface area (Å²) < 4.78 is 18.7. The highest BCUT2D eigenvalue weighted by molar-refractivity contribution is 7.21. The maximum absolute atomic E-state index is 13.4. The van der Waals surface area contributed by atoms with Crippen LogP contribution in [-0.4, -0.2) is 27.8 Å². The Morgan fingerprint density at radius 2 is 2.38 bits per heavy atom. The summed E-state index contributed by atoms with van der Waals surface area (Å²) in [4.78, 5) is 8.32. The van der Waals surface area contributed by atoms with Gasteiger partial charge in [-0.1, -0.05) is 22.9 Å². The Labute approximate surface area is 99.7 Å². The van der Waals surface area contributed by atoms with Crippen LogP contribution in [0.2, 0.25) is 4.47 Å². The van der Waals surface area contributed by atoms with Gasteiger partial charge in [-0.25, -0.2) is 9.37 Å². The number of aliphatic hydroxyl groups is 1. The van der Waals surface area contributed by atoms with Crippen LogP contribution >= 0.6 is 22.9 Å². The second kappa shape index (κ2) is 4.48. The highest BCUT2D eigenvalue weighted by Crippen LogP contribution is 2.27. The predicted molar refractivity (Wildman–Crippen MR) is 59.6 cm³/mol. The molecule has 16 heavy (non-hydrogen) atoms. The van der Waals surface area contributed by atoms with Crippen LogP contribution in [0.3, 0.4) is 0 Å². The Morgan fingerprint density at radius 3 is 3.06 bits per heavy atom. The van der Waals surface area contributed by atoms with Crippen LogP contribution in [0.4, 0.5) is 4.39 Å². The fourth-order valence-corrected chi connectivity index (χ4v) is 2.05. The minimum atomic E-state index is -0.679. The number of aliphatic hydroxyl groups excluding tert-OH is 1. The molecule has 0 aliphatic heterocycles. The van der Waals surface area contributed by atoms with Gasteiger partial charge in [0.2, 0.25) is 0 Å². The third-order valence-electron chi connectivity index (χ3n) is 1.74. The van der Waals surface area contributed by atoms with Crippen molar-refractivity contribution in [1.82, 2.24) is 9.97 Å². The Balaban J connectivity index is 2.34. The summed E-state index contributed by atoms with van der Waals surface area (Å²) in [6.07, 6.45) is -0.679. The smallest absolute Gasteiger partial charge is 0.252 e. The van der Waals surface area contributed by atoms with Gasteiger partial charge in [-0.15, -0.1) is 0 Å². The number of halogens is 2. The monoisotopic (exact) mass is 262 g/mol. The van der Waals surface area contributed by atoms with E-state index in [1.54, 1.807) is 6.92 Å². The molecule has 4 nitrogen and oxygen atoms in total. The molecule has 2 heterocycles. The van der Waals surface area contributed by atoms with Crippen molar-refractivity contribution >= 4 is 33.3 Å². The Hall–Kier alpha value is -0.980. The van der Waals surface area contributed by atoms with Gasteiger partial charge in [0.15, 0.2) is 10.3 Å². The van der Waals surface area contributed by atoms with Crippen LogP contribution in [0, 0.1) is 5.82 Å². The van der Waals surface area contributed by atoms with Crippen LogP contribution in [0.1, 0.15) is 6.92 Å². The Morgan fingerprint density at radius 1 is 1.62 bits per heavy atom. The number of hydrogen-bond acceptors (Lipinski definition) is 5. The fourth-order valence-electron chi connectivity index (χ4n) is 1.10. The topological polar surface area (TPSA) is 55.2 Å². The van der Waals surface area contributed by atoms with E-state index >= 15 is 0 Å². The molecule has 0 aliphatic carbocycles. The van der Waals surface area contributed by atoms with Crippen molar-refractivity contribution in [3.8, 4) is 5.88 Å². The van der Waals surface area contributed by atoms with E-state index in [1.165, 1.54) is 6.07 Å². The third kappa shape index (κ3) is 2.40. The first-order valence-corrected chi connectivity index (χ1v) is 5.69. The number of fused-ring (bicyclic) bond motifs is 1. The number of nitrogens with zero attached hydrogens (tertiary/aromatic N) is 2. The molecule has 1 N–H and O–H groups in total. The fraction of sp³-hybridized carbons (Fsp3) is 0.333. The summed E-state index contributed by atoms with van der Waals surface area (Å²) in [5.41, 5.74) is 0.400. The van der Waals surface area contributed by atoms with Crippen LogP contribution in [0.5, 0.6) is 5.88 Å². The zero-order valence-electron chi connectivity index (χ0n) is 8.28. The summed E-state index contributed by atoms with van der Waals surface area (Å²) in [7, 11) is 0. The zero-order valence-corrected chi connectivity index (χ0v) is 9.85. The van der Waals surface area contributed by atoms with Gasteiger partial charge in [-0.2, -0.15) is 4.98 Å². The van der Waals surface area contributed by atoms with Crippen molar-refractivity contribution in [2.24, 2.45) is 0 Å². The second-order valence-electron chi connectivity index (χ2n) is 3.23. The van der Waals surface area contributed by atoms with Gasteiger partial charge in [-0.3, -0.25) is 0 Å². The highest BCUT2D eigenvalue weighted by Gasteiger charge is 2.12. The molecule has 0 aromatic carbocycles. The summed E-state index contributed by atoms with van der Waals surface area (Å²) in [6, 6.07) is 1.21. The molecule has 2 aromatic rings. The van der Waals surface area contributed by atoms with Crippen molar-refractivity contribution in [2.75, 3.05) is 6.61 Å². The summed E-state index contributed by atoms with van der Waals surface area (Å²) in [6.45, 7) is 1.53. The van der Waals surface area contributed by atoms with Crippen molar-refractivity contribution in [3.63, 3.8) is 0 Å². The molecule has 0 amide bonds. The minimum absolute atomic E-state index is 0.0119. The van der Waals surface area contributed by atoms with Gasteiger partial charge >= 0.3 is 0 Å². The van der Waals surface area contributed by atoms with E-state index in [0.29, 0.717) is 14.8 Å². The summed E-state index contributed by atoms with van der Waals surface area (Å²) in [5, 5.41) is 9.02. The molecule has 0 bridgehead atoms. The molecule has 0 saturated carbocycles. The number of pyridine rings is 1. The maximum atomic E-state index is 13.4. The highest BCUT2D eigenvalue weighted by atomic mass is 35.5. The van der Waals surface area contributed by atoms with E-state index in [0.717, 1.165) is 11.3 Å². The average molecular weight is 263 g/mol. The van der Waals surface area contributed by atoms with Crippen LogP contribution in [-0.2, 0) is 0 Å². The summed E-state index contributed by atoms with van der Waals surface area (Å²) in [5.74, 6) is -0.760. The van der Waals surface area contributed by atoms with Gasteiger partial charge in [-0.05, 0) is 6.92 Å². The number of hydrogen-bond donors (Lipinski definition) is 1. The molecule has 2 aromatic heterocycles. The lowest BCUT2D eigenvalue weighted by atomic mass is 10.4. The number of rotatable bonds is 3. The van der Waals surface area contributed by atoms with Crippen molar-refractivity contribution in [1.29, 1.82) is 0 Å². The molecule has 0 aliphatic rings. The largest absolute Gasteiger partial charge is 0.473 e. The first kappa shape index (κ1) is 11.5. The van der Waals surface area contributed by atoms with E-state index < -0.39 is 11.9 Å². The molecule has 0 fully saturated rings. The van der Waals surface area contributed by atoms with Crippen LogP contribution < -0.4 is 4.74 Å². The van der Waals surface area contributed by atoms with Gasteiger partial charge in [0, 0.05) is 6.07 Å². The minimum Gasteiger partial charge on any atom is -0.473 e. The Bertz CT molecular complexity index is 517. The number of ether oxygens (including phenoxy) is 1. The molecule has 0 saturated heterocycles. The van der Waals surface area contributed by atoms with Gasteiger partial charge in [0.25, 0.3) is 5.88 Å². The molecule has 1 atom stereocenters. The van der Waals surface area contributed by atoms with Crippen molar-refractivity contribution in [2.45, 2.75) is 13.0 Å². The predicted octanol–water partition coefficient (Wildman–Crippen LogP) is 2.24. The number of aromatic nitrogens is 2. The normalized spacial score (nSPS) is 13.0. The van der Waals surface area contributed by atoms with Crippen LogP contribution in [0.15, 0.2) is 6.07 Å². The van der Waals surface area contributed by atoms with Crippen molar-refractivity contribution < 1.29 is 14.2 Å². The lowest BCUT2D eigenvalue weighted by Crippen LogP contribution is -2.14. The molecule has 86 valence electrons. The molecule has 0 unspecified atom stereocenters. The first-order chi connectivity index (χ1) is 7.56. The second-order valence-corrected chi connectivity index (χ2v) is 4.79. The van der Waals surface area contributed by atoms with E-state index in [4.69, 9.17) is 21.4 Å². The molecular formula is C9H8ClFN2O2S. The first-order valence-electron chi connectivity index (χ1n) is 4.49. The number of thiazole rings is 1. The SMILES string of the molecule is C[C@@H](O)COc1nc2sc(Cl)nc2cc1F. The van der Waals surface area contributed by atoms with Crippen molar-refractivity contribution in [3.05, 3.63) is 16.4 Å². The van der Waals surface area contributed by atoms with Gasteiger partial charge in [0.1, 0.15) is 17.0 Å². The molecule has 7 heteroatoms. The maximum Gasteiger partial charge on any atom is 0.252 e. The molecular weight excluding hydrogens is 255 g/mol. The standard InChI is InChI=1S/C9H8ClFN2O2S/c1-4(14)3-15-7-5(11)2-6-8(13-7)16-9(10)12-6/h2,4,14H,3H2,1H3/t4-/m1/s1. The average Bonchev–Trinajstić information content (AvgIpc) is 2.53. The molecule has 0 radical (unpaired) electrons. The van der Waals surface area contributed by atoms with E-state index in [1.807, 2.05) is 0 Å². The zero-order chi connectivity index (χ0) is 11.7. The molecule has 2 rings (SSSR count). The molecule has 0 spiro atoms. The van der Waals surface area contributed by atoms with Gasteiger partial charge in [0.05, 0.1) is 6.10 Å². The van der Waals surface area contributed by atoms with Crippen LogP contribution in [0.25, 0.3) is 10.3 Å². The van der Waals surface area contributed by atoms with Gasteiger partial charge < -0.3 is 9.84 Å². The van der Waals surface area contributed by atoms with E-state index in [9.17, 15) is 4.39 Å².